The Kier molecular flexibility index (Phi) is 3.86. The van der Waals surface area contributed by atoms with Gasteiger partial charge in [-0.05, 0) is 19.7 Å². The van der Waals surface area contributed by atoms with E-state index in [1.54, 1.807) is 26.3 Å². The molecule has 0 aromatic heterocycles. The number of benzene rings is 1. The molecule has 0 saturated carbocycles. The zero-order valence-corrected chi connectivity index (χ0v) is 9.80. The van der Waals surface area contributed by atoms with Gasteiger partial charge in [-0.25, -0.2) is 0 Å². The average Bonchev–Trinajstić information content (AvgIpc) is 2.27. The molecule has 0 radical (unpaired) electrons. The Morgan fingerprint density at radius 2 is 2.13 bits per heavy atom. The van der Waals surface area contributed by atoms with Crippen LogP contribution in [0, 0.1) is 0 Å². The number of ether oxygens (including phenoxy) is 1. The number of methoxy groups -OCH3 is 1. The van der Waals surface area contributed by atoms with Gasteiger partial charge in [0.25, 0.3) is 0 Å². The van der Waals surface area contributed by atoms with Crippen LogP contribution in [0.15, 0.2) is 22.1 Å². The van der Waals surface area contributed by atoms with E-state index in [4.69, 9.17) is 16.3 Å². The summed E-state index contributed by atoms with van der Waals surface area (Å²) in [6, 6.07) is 3.53. The quantitative estimate of drug-likeness (QED) is 0.727. The Bertz CT molecular complexity index is 413. The van der Waals surface area contributed by atoms with Crippen molar-refractivity contribution in [2.45, 2.75) is 6.92 Å². The summed E-state index contributed by atoms with van der Waals surface area (Å²) in [6.07, 6.45) is 0. The molecule has 0 amide bonds. The second-order valence-corrected chi connectivity index (χ2v) is 3.38. The number of rotatable bonds is 3. The Hall–Kier alpha value is -1.35. The minimum absolute atomic E-state index is 0.544. The molecular weight excluding hydrogens is 212 g/mol. The summed E-state index contributed by atoms with van der Waals surface area (Å²) in [5.74, 6) is 0.590. The number of aliphatic imine (C=N–C) groups is 2. The number of nitrogens with zero attached hydrogens (tertiary/aromatic N) is 2. The van der Waals surface area contributed by atoms with Crippen molar-refractivity contribution < 1.29 is 4.74 Å². The van der Waals surface area contributed by atoms with Crippen LogP contribution in [0.1, 0.15) is 12.5 Å². The lowest BCUT2D eigenvalue weighted by molar-refractivity contribution is 0.415. The summed E-state index contributed by atoms with van der Waals surface area (Å²) in [7, 11) is 3.29. The number of halogens is 1. The summed E-state index contributed by atoms with van der Waals surface area (Å²) >= 11 is 6.02. The summed E-state index contributed by atoms with van der Waals surface area (Å²) in [4.78, 5) is 8.01. The smallest absolute Gasteiger partial charge is 0.139 e. The predicted octanol–water partition coefficient (Wildman–Crippen LogP) is 3.12. The molecule has 0 fully saturated rings. The summed E-state index contributed by atoms with van der Waals surface area (Å²) < 4.78 is 5.10. The molecule has 4 heteroatoms. The van der Waals surface area contributed by atoms with E-state index in [0.717, 1.165) is 17.0 Å². The standard InChI is InChI=1S/C11H13ClN2O/c1-7(13-2)8-5-9(12)11(15-4)6-10(8)14-3/h5-6H,3H2,1-2,4H3. The minimum Gasteiger partial charge on any atom is -0.495 e. The highest BCUT2D eigenvalue weighted by atomic mass is 35.5. The molecule has 0 atom stereocenters. The first-order valence-electron chi connectivity index (χ1n) is 4.42. The molecule has 0 heterocycles. The van der Waals surface area contributed by atoms with Gasteiger partial charge in [-0.2, -0.15) is 0 Å². The highest BCUT2D eigenvalue weighted by Gasteiger charge is 2.09. The van der Waals surface area contributed by atoms with Gasteiger partial charge in [0, 0.05) is 24.4 Å². The second kappa shape index (κ2) is 4.94. The predicted molar refractivity (Wildman–Crippen MR) is 65.3 cm³/mol. The van der Waals surface area contributed by atoms with Crippen LogP contribution in [0.4, 0.5) is 5.69 Å². The zero-order valence-electron chi connectivity index (χ0n) is 9.04. The van der Waals surface area contributed by atoms with E-state index in [-0.39, 0.29) is 0 Å². The molecule has 0 spiro atoms. The van der Waals surface area contributed by atoms with Crippen LogP contribution < -0.4 is 4.74 Å². The first-order valence-corrected chi connectivity index (χ1v) is 4.79. The van der Waals surface area contributed by atoms with E-state index in [9.17, 15) is 0 Å². The summed E-state index contributed by atoms with van der Waals surface area (Å²) in [5.41, 5.74) is 2.46. The fourth-order valence-corrected chi connectivity index (χ4v) is 1.48. The van der Waals surface area contributed by atoms with Gasteiger partial charge in [-0.15, -0.1) is 0 Å². The Morgan fingerprint density at radius 1 is 1.47 bits per heavy atom. The Labute approximate surface area is 94.5 Å². The largest absolute Gasteiger partial charge is 0.495 e. The van der Waals surface area contributed by atoms with E-state index >= 15 is 0 Å². The molecule has 0 saturated heterocycles. The maximum atomic E-state index is 6.02. The van der Waals surface area contributed by atoms with Crippen LogP contribution in [0.25, 0.3) is 0 Å². The molecule has 0 aliphatic rings. The molecule has 0 N–H and O–H groups in total. The van der Waals surface area contributed by atoms with Crippen LogP contribution >= 0.6 is 11.6 Å². The lowest BCUT2D eigenvalue weighted by Crippen LogP contribution is -1.96. The third kappa shape index (κ3) is 2.36. The van der Waals surface area contributed by atoms with E-state index in [0.29, 0.717) is 10.8 Å². The SMILES string of the molecule is C=Nc1cc(OC)c(Cl)cc1C(C)=NC. The second-order valence-electron chi connectivity index (χ2n) is 2.97. The van der Waals surface area contributed by atoms with Crippen molar-refractivity contribution in [1.29, 1.82) is 0 Å². The maximum absolute atomic E-state index is 6.02. The fraction of sp³-hybridized carbons (Fsp3) is 0.273. The van der Waals surface area contributed by atoms with Crippen molar-refractivity contribution >= 4 is 29.7 Å². The first-order chi connectivity index (χ1) is 7.13. The zero-order chi connectivity index (χ0) is 11.4. The highest BCUT2D eigenvalue weighted by Crippen LogP contribution is 2.32. The van der Waals surface area contributed by atoms with Crippen LogP contribution in [0.5, 0.6) is 5.75 Å². The molecule has 1 rings (SSSR count). The third-order valence-electron chi connectivity index (χ3n) is 2.17. The lowest BCUT2D eigenvalue weighted by atomic mass is 10.1. The molecule has 1 aromatic carbocycles. The van der Waals surface area contributed by atoms with Crippen LogP contribution in [-0.2, 0) is 0 Å². The summed E-state index contributed by atoms with van der Waals surface area (Å²) in [6.45, 7) is 5.41. The molecule has 0 unspecified atom stereocenters. The van der Waals surface area contributed by atoms with Crippen molar-refractivity contribution in [3.8, 4) is 5.75 Å². The van der Waals surface area contributed by atoms with Crippen molar-refractivity contribution in [2.24, 2.45) is 9.98 Å². The molecule has 80 valence electrons. The fourth-order valence-electron chi connectivity index (χ4n) is 1.24. The topological polar surface area (TPSA) is 34.0 Å². The van der Waals surface area contributed by atoms with E-state index in [1.807, 2.05) is 6.92 Å². The first kappa shape index (κ1) is 11.7. The lowest BCUT2D eigenvalue weighted by Gasteiger charge is -2.09. The molecular formula is C11H13ClN2O. The molecule has 0 aliphatic carbocycles. The van der Waals surface area contributed by atoms with Gasteiger partial charge in [0.05, 0.1) is 17.8 Å². The van der Waals surface area contributed by atoms with E-state index in [1.165, 1.54) is 0 Å². The summed E-state index contributed by atoms with van der Waals surface area (Å²) in [5, 5.41) is 0.544. The highest BCUT2D eigenvalue weighted by molar-refractivity contribution is 6.32. The van der Waals surface area contributed by atoms with E-state index < -0.39 is 0 Å². The van der Waals surface area contributed by atoms with Crippen LogP contribution in [0.2, 0.25) is 5.02 Å². The van der Waals surface area contributed by atoms with Gasteiger partial charge in [0.2, 0.25) is 0 Å². The minimum atomic E-state index is 0.544. The third-order valence-corrected chi connectivity index (χ3v) is 2.46. The molecule has 0 bridgehead atoms. The van der Waals surface area contributed by atoms with Gasteiger partial charge in [0.15, 0.2) is 0 Å². The molecule has 15 heavy (non-hydrogen) atoms. The normalized spacial score (nSPS) is 11.3. The van der Waals surface area contributed by atoms with Crippen molar-refractivity contribution in [3.05, 3.63) is 22.7 Å². The van der Waals surface area contributed by atoms with Gasteiger partial charge in [-0.3, -0.25) is 9.98 Å². The van der Waals surface area contributed by atoms with Crippen LogP contribution in [-0.4, -0.2) is 26.6 Å². The van der Waals surface area contributed by atoms with Gasteiger partial charge in [-0.1, -0.05) is 11.6 Å². The number of hydrogen-bond acceptors (Lipinski definition) is 3. The van der Waals surface area contributed by atoms with Gasteiger partial charge in [0.1, 0.15) is 5.75 Å². The Balaban J connectivity index is 3.40. The van der Waals surface area contributed by atoms with Crippen LogP contribution in [0.3, 0.4) is 0 Å². The monoisotopic (exact) mass is 224 g/mol. The van der Waals surface area contributed by atoms with E-state index in [2.05, 4.69) is 16.7 Å². The van der Waals surface area contributed by atoms with Crippen molar-refractivity contribution in [1.82, 2.24) is 0 Å². The molecule has 0 aliphatic heterocycles. The molecule has 3 nitrogen and oxygen atoms in total. The van der Waals surface area contributed by atoms with Crippen molar-refractivity contribution in [2.75, 3.05) is 14.2 Å². The maximum Gasteiger partial charge on any atom is 0.139 e. The van der Waals surface area contributed by atoms with Crippen molar-refractivity contribution in [3.63, 3.8) is 0 Å². The van der Waals surface area contributed by atoms with Gasteiger partial charge >= 0.3 is 0 Å². The Morgan fingerprint density at radius 3 is 2.60 bits per heavy atom. The average molecular weight is 225 g/mol. The van der Waals surface area contributed by atoms with Gasteiger partial charge < -0.3 is 4.74 Å². The number of hydrogen-bond donors (Lipinski definition) is 0. The molecule has 1 aromatic rings.